The average Bonchev–Trinajstić information content (AvgIpc) is 2.32. The van der Waals surface area contributed by atoms with Gasteiger partial charge in [0, 0.05) is 7.11 Å². The van der Waals surface area contributed by atoms with E-state index in [-0.39, 0.29) is 12.7 Å². The summed E-state index contributed by atoms with van der Waals surface area (Å²) in [5, 5.41) is 8.92. The van der Waals surface area contributed by atoms with Crippen molar-refractivity contribution in [1.29, 1.82) is 0 Å². The lowest BCUT2D eigenvalue weighted by molar-refractivity contribution is 0.0415. The molecule has 0 radical (unpaired) electrons. The Bertz CT molecular complexity index is 122. The molecule has 0 aliphatic heterocycles. The smallest absolute Gasteiger partial charge is 0.0802 e. The summed E-state index contributed by atoms with van der Waals surface area (Å²) in [6.45, 7) is 2.42. The van der Waals surface area contributed by atoms with Gasteiger partial charge in [-0.1, -0.05) is 64.7 Å². The lowest BCUT2D eigenvalue weighted by Gasteiger charge is -2.11. The molecule has 0 heterocycles. The number of hydrogen-bond acceptors (Lipinski definition) is 2. The Kier molecular flexibility index (Phi) is 12.9. The summed E-state index contributed by atoms with van der Waals surface area (Å²) >= 11 is 0. The molecule has 1 atom stereocenters. The minimum absolute atomic E-state index is 0.0598. The molecule has 0 rings (SSSR count). The predicted molar refractivity (Wildman–Crippen MR) is 69.7 cm³/mol. The molecule has 0 aromatic carbocycles. The van der Waals surface area contributed by atoms with E-state index in [1.807, 2.05) is 0 Å². The van der Waals surface area contributed by atoms with Crippen LogP contribution in [0.2, 0.25) is 0 Å². The second-order valence-electron chi connectivity index (χ2n) is 4.66. The Balaban J connectivity index is 3.03. The van der Waals surface area contributed by atoms with Crippen LogP contribution in [0.25, 0.3) is 0 Å². The van der Waals surface area contributed by atoms with Crippen molar-refractivity contribution in [2.24, 2.45) is 0 Å². The maximum absolute atomic E-state index is 8.92. The molecule has 1 unspecified atom stereocenters. The third-order valence-electron chi connectivity index (χ3n) is 3.17. The molecule has 16 heavy (non-hydrogen) atoms. The minimum Gasteiger partial charge on any atom is -0.394 e. The maximum atomic E-state index is 8.92. The second kappa shape index (κ2) is 13.0. The number of aliphatic hydroxyl groups is 1. The van der Waals surface area contributed by atoms with Crippen molar-refractivity contribution in [3.05, 3.63) is 0 Å². The first-order chi connectivity index (χ1) is 7.85. The summed E-state index contributed by atoms with van der Waals surface area (Å²) in [6.07, 6.45) is 13.2. The quantitative estimate of drug-likeness (QED) is 0.515. The summed E-state index contributed by atoms with van der Waals surface area (Å²) in [6, 6.07) is 0. The molecule has 0 saturated heterocycles. The van der Waals surface area contributed by atoms with E-state index in [0.717, 1.165) is 6.42 Å². The van der Waals surface area contributed by atoms with E-state index in [9.17, 15) is 0 Å². The van der Waals surface area contributed by atoms with Crippen molar-refractivity contribution in [2.75, 3.05) is 13.7 Å². The van der Waals surface area contributed by atoms with Gasteiger partial charge in [0.2, 0.25) is 0 Å². The SMILES string of the molecule is CCCCCCCCCCCC(CO)OC. The van der Waals surface area contributed by atoms with Crippen LogP contribution in [-0.2, 0) is 4.74 Å². The van der Waals surface area contributed by atoms with E-state index >= 15 is 0 Å². The second-order valence-corrected chi connectivity index (χ2v) is 4.66. The standard InChI is InChI=1S/C14H30O2/c1-3-4-5-6-7-8-9-10-11-12-14(13-15)16-2/h14-15H,3-13H2,1-2H3. The lowest BCUT2D eigenvalue weighted by atomic mass is 10.1. The van der Waals surface area contributed by atoms with Crippen LogP contribution in [0.4, 0.5) is 0 Å². The van der Waals surface area contributed by atoms with Gasteiger partial charge >= 0.3 is 0 Å². The van der Waals surface area contributed by atoms with E-state index in [0.29, 0.717) is 0 Å². The Hall–Kier alpha value is -0.0800. The molecule has 0 aliphatic rings. The van der Waals surface area contributed by atoms with Gasteiger partial charge in [-0.05, 0) is 6.42 Å². The summed E-state index contributed by atoms with van der Waals surface area (Å²) in [5.74, 6) is 0. The third kappa shape index (κ3) is 10.4. The summed E-state index contributed by atoms with van der Waals surface area (Å²) in [4.78, 5) is 0. The first kappa shape index (κ1) is 15.9. The van der Waals surface area contributed by atoms with Gasteiger partial charge in [0.25, 0.3) is 0 Å². The van der Waals surface area contributed by atoms with Crippen LogP contribution in [0.1, 0.15) is 71.1 Å². The van der Waals surface area contributed by atoms with Gasteiger partial charge in [-0.15, -0.1) is 0 Å². The summed E-state index contributed by atoms with van der Waals surface area (Å²) in [5.41, 5.74) is 0. The van der Waals surface area contributed by atoms with Gasteiger partial charge in [0.1, 0.15) is 0 Å². The number of aliphatic hydroxyl groups excluding tert-OH is 1. The van der Waals surface area contributed by atoms with Gasteiger partial charge in [-0.3, -0.25) is 0 Å². The normalized spacial score (nSPS) is 12.9. The van der Waals surface area contributed by atoms with Gasteiger partial charge < -0.3 is 9.84 Å². The minimum atomic E-state index is 0.0598. The van der Waals surface area contributed by atoms with Crippen LogP contribution in [0, 0.1) is 0 Å². The van der Waals surface area contributed by atoms with E-state index < -0.39 is 0 Å². The molecular formula is C14H30O2. The van der Waals surface area contributed by atoms with E-state index in [1.54, 1.807) is 7.11 Å². The number of hydrogen-bond donors (Lipinski definition) is 1. The highest BCUT2D eigenvalue weighted by Crippen LogP contribution is 2.11. The lowest BCUT2D eigenvalue weighted by Crippen LogP contribution is -2.14. The molecule has 0 aromatic rings. The zero-order chi connectivity index (χ0) is 12.1. The first-order valence-electron chi connectivity index (χ1n) is 6.98. The fraction of sp³-hybridized carbons (Fsp3) is 1.00. The summed E-state index contributed by atoms with van der Waals surface area (Å²) < 4.78 is 5.12. The van der Waals surface area contributed by atoms with Crippen molar-refractivity contribution < 1.29 is 9.84 Å². The number of ether oxygens (including phenoxy) is 1. The highest BCUT2D eigenvalue weighted by Gasteiger charge is 2.03. The van der Waals surface area contributed by atoms with Gasteiger partial charge in [0.05, 0.1) is 12.7 Å². The molecule has 0 aromatic heterocycles. The number of methoxy groups -OCH3 is 1. The zero-order valence-corrected chi connectivity index (χ0v) is 11.2. The highest BCUT2D eigenvalue weighted by molar-refractivity contribution is 4.55. The topological polar surface area (TPSA) is 29.5 Å². The van der Waals surface area contributed by atoms with Crippen LogP contribution < -0.4 is 0 Å². The highest BCUT2D eigenvalue weighted by atomic mass is 16.5. The molecule has 2 nitrogen and oxygen atoms in total. The number of unbranched alkanes of at least 4 members (excludes halogenated alkanes) is 8. The van der Waals surface area contributed by atoms with Crippen LogP contribution in [-0.4, -0.2) is 24.9 Å². The van der Waals surface area contributed by atoms with E-state index in [1.165, 1.54) is 57.8 Å². The Morgan fingerprint density at radius 1 is 0.875 bits per heavy atom. The molecule has 0 fully saturated rings. The van der Waals surface area contributed by atoms with Crippen LogP contribution >= 0.6 is 0 Å². The first-order valence-corrected chi connectivity index (χ1v) is 6.98. The predicted octanol–water partition coefficient (Wildman–Crippen LogP) is 3.91. The Morgan fingerprint density at radius 3 is 1.81 bits per heavy atom. The molecule has 0 spiro atoms. The third-order valence-corrected chi connectivity index (χ3v) is 3.17. The Labute approximate surface area is 101 Å². The fourth-order valence-electron chi connectivity index (χ4n) is 1.97. The van der Waals surface area contributed by atoms with Gasteiger partial charge in [-0.2, -0.15) is 0 Å². The molecule has 2 heteroatoms. The molecule has 1 N–H and O–H groups in total. The monoisotopic (exact) mass is 230 g/mol. The zero-order valence-electron chi connectivity index (χ0n) is 11.2. The molecule has 0 amide bonds. The average molecular weight is 230 g/mol. The summed E-state index contributed by atoms with van der Waals surface area (Å²) in [7, 11) is 1.68. The van der Waals surface area contributed by atoms with E-state index in [2.05, 4.69) is 6.92 Å². The largest absolute Gasteiger partial charge is 0.394 e. The Morgan fingerprint density at radius 2 is 1.38 bits per heavy atom. The van der Waals surface area contributed by atoms with Crippen LogP contribution in [0.3, 0.4) is 0 Å². The molecule has 0 saturated carbocycles. The van der Waals surface area contributed by atoms with Crippen LogP contribution in [0.15, 0.2) is 0 Å². The maximum Gasteiger partial charge on any atom is 0.0802 e. The van der Waals surface area contributed by atoms with Crippen molar-refractivity contribution >= 4 is 0 Å². The van der Waals surface area contributed by atoms with Gasteiger partial charge in [-0.25, -0.2) is 0 Å². The molecular weight excluding hydrogens is 200 g/mol. The van der Waals surface area contributed by atoms with Crippen molar-refractivity contribution in [1.82, 2.24) is 0 Å². The van der Waals surface area contributed by atoms with Crippen molar-refractivity contribution in [3.8, 4) is 0 Å². The fourth-order valence-corrected chi connectivity index (χ4v) is 1.97. The molecule has 98 valence electrons. The van der Waals surface area contributed by atoms with Crippen molar-refractivity contribution in [3.63, 3.8) is 0 Å². The van der Waals surface area contributed by atoms with E-state index in [4.69, 9.17) is 9.84 Å². The molecule has 0 aliphatic carbocycles. The van der Waals surface area contributed by atoms with Crippen molar-refractivity contribution in [2.45, 2.75) is 77.2 Å². The molecule has 0 bridgehead atoms. The number of rotatable bonds is 12. The van der Waals surface area contributed by atoms with Gasteiger partial charge in [0.15, 0.2) is 0 Å². The van der Waals surface area contributed by atoms with Crippen LogP contribution in [0.5, 0.6) is 0 Å².